The molecule has 37 heavy (non-hydrogen) atoms. The van der Waals surface area contributed by atoms with Gasteiger partial charge in [-0.2, -0.15) is 26.3 Å². The number of halogens is 6. The van der Waals surface area contributed by atoms with Crippen molar-refractivity contribution in [3.8, 4) is 16.9 Å². The van der Waals surface area contributed by atoms with Gasteiger partial charge < -0.3 is 14.4 Å². The van der Waals surface area contributed by atoms with Crippen LogP contribution in [0.15, 0.2) is 84.5 Å². The molecule has 0 bridgehead atoms. The number of para-hydroxylation sites is 1. The quantitative estimate of drug-likeness (QED) is 0.228. The predicted octanol–water partition coefficient (Wildman–Crippen LogP) is 7.97. The number of allylic oxidation sites excluding steroid dienone is 5. The van der Waals surface area contributed by atoms with Gasteiger partial charge in [-0.05, 0) is 48.8 Å². The van der Waals surface area contributed by atoms with Crippen molar-refractivity contribution in [1.29, 1.82) is 0 Å². The Morgan fingerprint density at radius 2 is 1.70 bits per heavy atom. The summed E-state index contributed by atoms with van der Waals surface area (Å²) in [4.78, 5) is 0. The molecule has 9 heteroatoms. The summed E-state index contributed by atoms with van der Waals surface area (Å²) >= 11 is 0. The highest BCUT2D eigenvalue weighted by Crippen LogP contribution is 2.45. The number of aliphatic hydroxyl groups excluding tert-OH is 1. The van der Waals surface area contributed by atoms with Crippen molar-refractivity contribution in [3.05, 3.63) is 90.2 Å². The van der Waals surface area contributed by atoms with Crippen molar-refractivity contribution in [2.75, 3.05) is 13.7 Å². The van der Waals surface area contributed by atoms with Crippen molar-refractivity contribution in [3.63, 3.8) is 0 Å². The summed E-state index contributed by atoms with van der Waals surface area (Å²) in [6.07, 6.45) is -6.23. The largest absolute Gasteiger partial charge is 0.497 e. The summed E-state index contributed by atoms with van der Waals surface area (Å²) in [5, 5.41) is 10.4. The third kappa shape index (κ3) is 6.10. The molecule has 198 valence electrons. The third-order valence-electron chi connectivity index (χ3n) is 6.18. The number of aromatic nitrogens is 1. The number of aliphatic hydroxyl groups is 1. The maximum atomic E-state index is 14.2. The van der Waals surface area contributed by atoms with E-state index in [-0.39, 0.29) is 24.2 Å². The Morgan fingerprint density at radius 3 is 2.22 bits per heavy atom. The van der Waals surface area contributed by atoms with Gasteiger partial charge in [0.2, 0.25) is 0 Å². The minimum absolute atomic E-state index is 0.0215. The standard InChI is InChI=1S/C28H27F6NO2/c1-4-18(16-20(5-2)27(29,30)31)14-15-35-24-9-7-6-8-22(24)25(19-10-12-21(37-3)13-11-19)26(35)23(17-36)28(32,33)34/h4-13,16,23,36H,2,14-15,17H2,1,3H3/b18-4-,20-16+. The van der Waals surface area contributed by atoms with E-state index in [1.54, 1.807) is 55.5 Å². The lowest BCUT2D eigenvalue weighted by atomic mass is 9.94. The molecule has 0 radical (unpaired) electrons. The summed E-state index contributed by atoms with van der Waals surface area (Å²) < 4.78 is 88.9. The fourth-order valence-corrected chi connectivity index (χ4v) is 4.33. The van der Waals surface area contributed by atoms with Crippen molar-refractivity contribution in [2.45, 2.75) is 38.2 Å². The molecule has 0 aliphatic heterocycles. The van der Waals surface area contributed by atoms with Crippen LogP contribution in [0.4, 0.5) is 26.3 Å². The Bertz CT molecular complexity index is 1300. The topological polar surface area (TPSA) is 34.4 Å². The zero-order valence-electron chi connectivity index (χ0n) is 20.3. The Labute approximate surface area is 211 Å². The first-order chi connectivity index (χ1) is 17.5. The molecule has 0 spiro atoms. The Kier molecular flexibility index (Phi) is 8.58. The number of ether oxygens (including phenoxy) is 1. The zero-order valence-corrected chi connectivity index (χ0v) is 20.3. The van der Waals surface area contributed by atoms with E-state index >= 15 is 0 Å². The van der Waals surface area contributed by atoms with Gasteiger partial charge in [0.1, 0.15) is 11.7 Å². The lowest BCUT2D eigenvalue weighted by Gasteiger charge is -2.23. The molecule has 0 amide bonds. The van der Waals surface area contributed by atoms with Crippen LogP contribution >= 0.6 is 0 Å². The average molecular weight is 524 g/mol. The number of benzene rings is 2. The van der Waals surface area contributed by atoms with E-state index in [2.05, 4.69) is 6.58 Å². The molecule has 3 rings (SSSR count). The maximum Gasteiger partial charge on any atom is 0.416 e. The van der Waals surface area contributed by atoms with Gasteiger partial charge in [-0.3, -0.25) is 0 Å². The van der Waals surface area contributed by atoms with Crippen LogP contribution in [0.2, 0.25) is 0 Å². The molecule has 0 aliphatic rings. The van der Waals surface area contributed by atoms with Crippen LogP contribution in [0, 0.1) is 0 Å². The summed E-state index contributed by atoms with van der Waals surface area (Å²) in [6.45, 7) is 3.55. The van der Waals surface area contributed by atoms with Crippen LogP contribution in [0.25, 0.3) is 22.0 Å². The summed E-state index contributed by atoms with van der Waals surface area (Å²) in [7, 11) is 1.47. The molecule has 1 aromatic heterocycles. The van der Waals surface area contributed by atoms with Crippen molar-refractivity contribution >= 4 is 10.9 Å². The second-order valence-electron chi connectivity index (χ2n) is 8.35. The van der Waals surface area contributed by atoms with Crippen LogP contribution in [0.1, 0.15) is 25.0 Å². The molecule has 2 aromatic carbocycles. The predicted molar refractivity (Wildman–Crippen MR) is 133 cm³/mol. The SMILES string of the molecule is C=C/C(=C\C(=C/C)CCn1c(C(CO)C(F)(F)F)c(-c2ccc(OC)cc2)c2ccccc21)C(F)(F)F. The molecule has 0 saturated carbocycles. The number of alkyl halides is 6. The fraction of sp³-hybridized carbons (Fsp3) is 0.286. The normalized spacial score (nSPS) is 14.2. The molecule has 0 aliphatic carbocycles. The minimum atomic E-state index is -4.77. The highest BCUT2D eigenvalue weighted by molar-refractivity contribution is 5.98. The number of hydrogen-bond acceptors (Lipinski definition) is 2. The van der Waals surface area contributed by atoms with E-state index in [9.17, 15) is 31.4 Å². The zero-order chi connectivity index (χ0) is 27.4. The third-order valence-corrected chi connectivity index (χ3v) is 6.18. The van der Waals surface area contributed by atoms with Gasteiger partial charge in [-0.25, -0.2) is 0 Å². The fourth-order valence-electron chi connectivity index (χ4n) is 4.33. The first kappa shape index (κ1) is 28.1. The van der Waals surface area contributed by atoms with Gasteiger partial charge in [0, 0.05) is 28.7 Å². The van der Waals surface area contributed by atoms with Crippen molar-refractivity contribution in [1.82, 2.24) is 4.57 Å². The average Bonchev–Trinajstić information content (AvgIpc) is 3.16. The van der Waals surface area contributed by atoms with Gasteiger partial charge in [0.15, 0.2) is 0 Å². The van der Waals surface area contributed by atoms with Gasteiger partial charge in [-0.1, -0.05) is 49.1 Å². The van der Waals surface area contributed by atoms with E-state index in [1.807, 2.05) is 0 Å². The van der Waals surface area contributed by atoms with Gasteiger partial charge in [0.05, 0.1) is 19.3 Å². The van der Waals surface area contributed by atoms with Gasteiger partial charge in [-0.15, -0.1) is 0 Å². The monoisotopic (exact) mass is 523 g/mol. The van der Waals surface area contributed by atoms with Crippen LogP contribution < -0.4 is 4.74 Å². The molecule has 1 unspecified atom stereocenters. The smallest absolute Gasteiger partial charge is 0.416 e. The van der Waals surface area contributed by atoms with Crippen LogP contribution in [-0.2, 0) is 6.54 Å². The molecular weight excluding hydrogens is 496 g/mol. The lowest BCUT2D eigenvalue weighted by molar-refractivity contribution is -0.159. The second-order valence-corrected chi connectivity index (χ2v) is 8.35. The van der Waals surface area contributed by atoms with Crippen LogP contribution in [-0.4, -0.2) is 35.7 Å². The number of methoxy groups -OCH3 is 1. The second kappa shape index (κ2) is 11.3. The number of hydrogen-bond donors (Lipinski definition) is 1. The van der Waals surface area contributed by atoms with Crippen LogP contribution in [0.3, 0.4) is 0 Å². The first-order valence-electron chi connectivity index (χ1n) is 11.5. The van der Waals surface area contributed by atoms with Crippen molar-refractivity contribution < 1.29 is 36.2 Å². The number of fused-ring (bicyclic) bond motifs is 1. The summed E-state index contributed by atoms with van der Waals surface area (Å²) in [6, 6.07) is 13.3. The van der Waals surface area contributed by atoms with Crippen molar-refractivity contribution in [2.24, 2.45) is 0 Å². The van der Waals surface area contributed by atoms with Gasteiger partial charge >= 0.3 is 12.4 Å². The van der Waals surface area contributed by atoms with Crippen LogP contribution in [0.5, 0.6) is 5.75 Å². The first-order valence-corrected chi connectivity index (χ1v) is 11.5. The summed E-state index contributed by atoms with van der Waals surface area (Å²) in [5.74, 6) is -1.68. The van der Waals surface area contributed by atoms with E-state index in [1.165, 1.54) is 17.8 Å². The molecule has 3 nitrogen and oxygen atoms in total. The van der Waals surface area contributed by atoms with E-state index in [0.29, 0.717) is 33.9 Å². The van der Waals surface area contributed by atoms with E-state index < -0.39 is 30.5 Å². The molecule has 3 aromatic rings. The van der Waals surface area contributed by atoms with E-state index in [0.717, 1.165) is 6.08 Å². The number of aryl methyl sites for hydroxylation is 1. The lowest BCUT2D eigenvalue weighted by Crippen LogP contribution is -2.27. The Balaban J connectivity index is 2.23. The van der Waals surface area contributed by atoms with Gasteiger partial charge in [0.25, 0.3) is 0 Å². The summed E-state index contributed by atoms with van der Waals surface area (Å²) in [5.41, 5.74) is 0.459. The Morgan fingerprint density at radius 1 is 1.05 bits per heavy atom. The number of rotatable bonds is 9. The minimum Gasteiger partial charge on any atom is -0.497 e. The number of nitrogens with zero attached hydrogens (tertiary/aromatic N) is 1. The molecular formula is C28H27F6NO2. The molecule has 0 saturated heterocycles. The molecule has 1 heterocycles. The molecule has 1 atom stereocenters. The highest BCUT2D eigenvalue weighted by Gasteiger charge is 2.44. The maximum absolute atomic E-state index is 14.2. The van der Waals surface area contributed by atoms with E-state index in [4.69, 9.17) is 4.74 Å². The Hall–Kier alpha value is -3.46. The molecule has 0 fully saturated rings. The highest BCUT2D eigenvalue weighted by atomic mass is 19.4. The molecule has 1 N–H and O–H groups in total.